The van der Waals surface area contributed by atoms with E-state index in [9.17, 15) is 4.79 Å². The van der Waals surface area contributed by atoms with Gasteiger partial charge in [0.15, 0.2) is 5.16 Å². The van der Waals surface area contributed by atoms with E-state index in [1.807, 2.05) is 72.8 Å². The first kappa shape index (κ1) is 20.8. The van der Waals surface area contributed by atoms with Crippen molar-refractivity contribution >= 4 is 28.7 Å². The molecule has 0 radical (unpaired) electrons. The van der Waals surface area contributed by atoms with E-state index in [1.54, 1.807) is 14.2 Å². The Morgan fingerprint density at radius 3 is 2.35 bits per heavy atom. The molecular weight excluding hydrogens is 410 g/mol. The Balaban J connectivity index is 1.47. The predicted molar refractivity (Wildman–Crippen MR) is 123 cm³/mol. The standard InChI is InChI=1S/C24H23N3O3S/c1-29-18-10-8-17(9-11-18)23(16-6-4-3-5-7-16)27-22(28)15-31-24-25-20-13-12-19(30-2)14-21(20)26-24/h3-14,23H,15H2,1-2H3,(H,25,26)(H,27,28)/t23-/m1/s1. The Bertz CT molecular complexity index is 1160. The molecule has 4 aromatic rings. The Labute approximate surface area is 185 Å². The summed E-state index contributed by atoms with van der Waals surface area (Å²) in [4.78, 5) is 20.6. The van der Waals surface area contributed by atoms with Gasteiger partial charge in [0.25, 0.3) is 0 Å². The quantitative estimate of drug-likeness (QED) is 0.398. The number of carbonyl (C=O) groups excluding carboxylic acids is 1. The van der Waals surface area contributed by atoms with Crippen molar-refractivity contribution in [1.29, 1.82) is 0 Å². The van der Waals surface area contributed by atoms with E-state index in [-0.39, 0.29) is 17.7 Å². The highest BCUT2D eigenvalue weighted by molar-refractivity contribution is 7.99. The maximum atomic E-state index is 12.8. The average Bonchev–Trinajstić information content (AvgIpc) is 3.24. The fourth-order valence-electron chi connectivity index (χ4n) is 3.30. The van der Waals surface area contributed by atoms with Gasteiger partial charge in [-0.1, -0.05) is 54.2 Å². The number of nitrogens with zero attached hydrogens (tertiary/aromatic N) is 1. The largest absolute Gasteiger partial charge is 0.497 e. The number of imidazole rings is 1. The summed E-state index contributed by atoms with van der Waals surface area (Å²) in [6, 6.07) is 23.0. The van der Waals surface area contributed by atoms with Gasteiger partial charge in [0.1, 0.15) is 11.5 Å². The second-order valence-corrected chi connectivity index (χ2v) is 7.86. The Morgan fingerprint density at radius 2 is 1.65 bits per heavy atom. The lowest BCUT2D eigenvalue weighted by molar-refractivity contribution is -0.119. The molecule has 0 spiro atoms. The zero-order chi connectivity index (χ0) is 21.6. The number of nitrogens with one attached hydrogen (secondary N) is 2. The van der Waals surface area contributed by atoms with E-state index >= 15 is 0 Å². The van der Waals surface area contributed by atoms with Crippen LogP contribution in [-0.4, -0.2) is 35.8 Å². The van der Waals surface area contributed by atoms with Gasteiger partial charge in [-0.3, -0.25) is 4.79 Å². The van der Waals surface area contributed by atoms with Crippen molar-refractivity contribution in [3.05, 3.63) is 83.9 Å². The fourth-order valence-corrected chi connectivity index (χ4v) is 3.99. The van der Waals surface area contributed by atoms with Crippen molar-refractivity contribution in [2.45, 2.75) is 11.2 Å². The summed E-state index contributed by atoms with van der Waals surface area (Å²) in [6.07, 6.45) is 0. The van der Waals surface area contributed by atoms with E-state index in [0.717, 1.165) is 33.7 Å². The lowest BCUT2D eigenvalue weighted by atomic mass is 9.98. The van der Waals surface area contributed by atoms with E-state index in [1.165, 1.54) is 11.8 Å². The average molecular weight is 434 g/mol. The zero-order valence-corrected chi connectivity index (χ0v) is 18.1. The van der Waals surface area contributed by atoms with Gasteiger partial charge in [0.05, 0.1) is 37.0 Å². The normalized spacial score (nSPS) is 11.8. The van der Waals surface area contributed by atoms with Gasteiger partial charge in [0.2, 0.25) is 5.91 Å². The molecule has 7 heteroatoms. The molecule has 31 heavy (non-hydrogen) atoms. The van der Waals surface area contributed by atoms with Crippen LogP contribution in [0.3, 0.4) is 0 Å². The number of carbonyl (C=O) groups is 1. The molecule has 4 rings (SSSR count). The number of thioether (sulfide) groups is 1. The molecule has 0 saturated carbocycles. The SMILES string of the molecule is COc1ccc([C@H](NC(=O)CSc2nc3ccc(OC)cc3[nH]2)c2ccccc2)cc1. The summed E-state index contributed by atoms with van der Waals surface area (Å²) in [5, 5.41) is 3.84. The molecule has 0 aliphatic carbocycles. The molecule has 1 heterocycles. The molecule has 0 fully saturated rings. The maximum absolute atomic E-state index is 12.8. The van der Waals surface area contributed by atoms with Crippen LogP contribution in [0.15, 0.2) is 78.0 Å². The number of amides is 1. The monoisotopic (exact) mass is 433 g/mol. The van der Waals surface area contributed by atoms with Gasteiger partial charge >= 0.3 is 0 Å². The van der Waals surface area contributed by atoms with Crippen LogP contribution in [0.1, 0.15) is 17.2 Å². The van der Waals surface area contributed by atoms with Crippen molar-refractivity contribution in [3.63, 3.8) is 0 Å². The minimum absolute atomic E-state index is 0.0762. The van der Waals surface area contributed by atoms with Gasteiger partial charge in [-0.2, -0.15) is 0 Å². The van der Waals surface area contributed by atoms with Crippen LogP contribution in [-0.2, 0) is 4.79 Å². The Hall–Kier alpha value is -3.45. The number of rotatable bonds is 8. The second-order valence-electron chi connectivity index (χ2n) is 6.90. The maximum Gasteiger partial charge on any atom is 0.231 e. The molecule has 0 aliphatic heterocycles. The van der Waals surface area contributed by atoms with Crippen LogP contribution in [0.25, 0.3) is 11.0 Å². The molecule has 1 atom stereocenters. The number of H-pyrrole nitrogens is 1. The number of hydrogen-bond donors (Lipinski definition) is 2. The fraction of sp³-hybridized carbons (Fsp3) is 0.167. The molecule has 158 valence electrons. The predicted octanol–water partition coefficient (Wildman–Crippen LogP) is 4.58. The molecule has 0 aliphatic rings. The van der Waals surface area contributed by atoms with Gasteiger partial charge in [-0.25, -0.2) is 4.98 Å². The molecule has 1 amide bonds. The summed E-state index contributed by atoms with van der Waals surface area (Å²) in [6.45, 7) is 0. The number of aromatic nitrogens is 2. The molecule has 0 saturated heterocycles. The summed E-state index contributed by atoms with van der Waals surface area (Å²) >= 11 is 1.37. The molecule has 3 aromatic carbocycles. The number of hydrogen-bond acceptors (Lipinski definition) is 5. The van der Waals surface area contributed by atoms with Crippen molar-refractivity contribution in [2.75, 3.05) is 20.0 Å². The lowest BCUT2D eigenvalue weighted by Gasteiger charge is -2.20. The van der Waals surface area contributed by atoms with Crippen molar-refractivity contribution in [1.82, 2.24) is 15.3 Å². The molecule has 0 bridgehead atoms. The minimum Gasteiger partial charge on any atom is -0.497 e. The summed E-state index contributed by atoms with van der Waals surface area (Å²) in [7, 11) is 3.26. The zero-order valence-electron chi connectivity index (χ0n) is 17.3. The highest BCUT2D eigenvalue weighted by Gasteiger charge is 2.17. The third-order valence-electron chi connectivity index (χ3n) is 4.89. The minimum atomic E-state index is -0.250. The van der Waals surface area contributed by atoms with Gasteiger partial charge < -0.3 is 19.8 Å². The first-order valence-corrected chi connectivity index (χ1v) is 10.8. The smallest absolute Gasteiger partial charge is 0.231 e. The van der Waals surface area contributed by atoms with Crippen LogP contribution >= 0.6 is 11.8 Å². The number of aromatic amines is 1. The Kier molecular flexibility index (Phi) is 6.43. The third kappa shape index (κ3) is 5.00. The number of fused-ring (bicyclic) bond motifs is 1. The topological polar surface area (TPSA) is 76.2 Å². The highest BCUT2D eigenvalue weighted by Crippen LogP contribution is 2.26. The van der Waals surface area contributed by atoms with Crippen molar-refractivity contribution in [2.24, 2.45) is 0 Å². The molecule has 6 nitrogen and oxygen atoms in total. The van der Waals surface area contributed by atoms with E-state index in [0.29, 0.717) is 5.16 Å². The van der Waals surface area contributed by atoms with Crippen LogP contribution in [0.2, 0.25) is 0 Å². The highest BCUT2D eigenvalue weighted by atomic mass is 32.2. The van der Waals surface area contributed by atoms with E-state index in [2.05, 4.69) is 15.3 Å². The second kappa shape index (κ2) is 9.57. The number of ether oxygens (including phenoxy) is 2. The summed E-state index contributed by atoms with van der Waals surface area (Å²) in [5.41, 5.74) is 3.72. The van der Waals surface area contributed by atoms with Gasteiger partial charge in [-0.15, -0.1) is 0 Å². The molecular formula is C24H23N3O3S. The molecule has 1 aromatic heterocycles. The lowest BCUT2D eigenvalue weighted by Crippen LogP contribution is -2.30. The first-order valence-electron chi connectivity index (χ1n) is 9.81. The van der Waals surface area contributed by atoms with Gasteiger partial charge in [0, 0.05) is 6.07 Å². The summed E-state index contributed by atoms with van der Waals surface area (Å²) < 4.78 is 10.5. The first-order chi connectivity index (χ1) is 15.2. The Morgan fingerprint density at radius 1 is 0.968 bits per heavy atom. The molecule has 2 N–H and O–H groups in total. The van der Waals surface area contributed by atoms with Gasteiger partial charge in [-0.05, 0) is 35.4 Å². The van der Waals surface area contributed by atoms with Crippen molar-refractivity contribution < 1.29 is 14.3 Å². The number of methoxy groups -OCH3 is 2. The summed E-state index contributed by atoms with van der Waals surface area (Å²) in [5.74, 6) is 1.71. The van der Waals surface area contributed by atoms with Crippen molar-refractivity contribution in [3.8, 4) is 11.5 Å². The van der Waals surface area contributed by atoms with Crippen LogP contribution in [0.4, 0.5) is 0 Å². The third-order valence-corrected chi connectivity index (χ3v) is 5.77. The van der Waals surface area contributed by atoms with E-state index in [4.69, 9.17) is 9.47 Å². The van der Waals surface area contributed by atoms with E-state index < -0.39 is 0 Å². The van der Waals surface area contributed by atoms with Crippen LogP contribution in [0.5, 0.6) is 11.5 Å². The molecule has 0 unspecified atom stereocenters. The van der Waals surface area contributed by atoms with Crippen LogP contribution in [0, 0.1) is 0 Å². The number of benzene rings is 3. The van der Waals surface area contributed by atoms with Crippen LogP contribution < -0.4 is 14.8 Å².